The molecular formula is C19H21NO7. The van der Waals surface area contributed by atoms with Crippen LogP contribution in [0.15, 0.2) is 23.0 Å². The number of ether oxygens (including phenoxy) is 4. The van der Waals surface area contributed by atoms with Crippen molar-refractivity contribution < 1.29 is 28.8 Å². The Morgan fingerprint density at radius 3 is 2.67 bits per heavy atom. The first-order chi connectivity index (χ1) is 12.9. The summed E-state index contributed by atoms with van der Waals surface area (Å²) in [5.74, 6) is -0.140. The number of aromatic hydroxyl groups is 1. The molecule has 0 amide bonds. The van der Waals surface area contributed by atoms with Crippen LogP contribution in [0.4, 0.5) is 0 Å². The number of methoxy groups -OCH3 is 2. The number of carbonyl (C=O) groups is 1. The molecule has 0 saturated carbocycles. The molecule has 1 aliphatic heterocycles. The van der Waals surface area contributed by atoms with Gasteiger partial charge in [-0.2, -0.15) is 0 Å². The smallest absolute Gasteiger partial charge is 0.306 e. The monoisotopic (exact) mass is 375 g/mol. The molecule has 1 aromatic carbocycles. The number of hydrogen-bond acceptors (Lipinski definition) is 7. The van der Waals surface area contributed by atoms with Gasteiger partial charge in [0, 0.05) is 11.6 Å². The first-order valence-corrected chi connectivity index (χ1v) is 8.41. The maximum Gasteiger partial charge on any atom is 0.306 e. The molecule has 0 spiro atoms. The quantitative estimate of drug-likeness (QED) is 0.768. The number of nitrogens with one attached hydrogen (secondary N) is 1. The summed E-state index contributed by atoms with van der Waals surface area (Å²) in [6.45, 7) is 2.43. The van der Waals surface area contributed by atoms with E-state index in [1.54, 1.807) is 19.1 Å². The molecule has 0 fully saturated rings. The highest BCUT2D eigenvalue weighted by molar-refractivity contribution is 5.72. The van der Waals surface area contributed by atoms with E-state index in [9.17, 15) is 14.7 Å². The van der Waals surface area contributed by atoms with Crippen LogP contribution in [-0.2, 0) is 9.53 Å². The van der Waals surface area contributed by atoms with Gasteiger partial charge in [-0.05, 0) is 30.7 Å². The summed E-state index contributed by atoms with van der Waals surface area (Å²) in [5.41, 5.74) is 0.670. The van der Waals surface area contributed by atoms with Crippen molar-refractivity contribution in [1.82, 2.24) is 4.98 Å². The Morgan fingerprint density at radius 1 is 1.26 bits per heavy atom. The van der Waals surface area contributed by atoms with Crippen LogP contribution in [0.5, 0.6) is 23.0 Å². The highest BCUT2D eigenvalue weighted by atomic mass is 16.6. The number of hydrogen-bond donors (Lipinski definition) is 2. The van der Waals surface area contributed by atoms with Crippen LogP contribution in [0.25, 0.3) is 0 Å². The van der Waals surface area contributed by atoms with Gasteiger partial charge in [-0.15, -0.1) is 0 Å². The standard InChI is InChI=1S/C19H21NO7/c1-10-6-13(21)17(19(23)20-10)12(9-16(22)25-3)11-7-14(24-2)18-15(8-11)26-4-5-27-18/h6-8,12H,4-5,9H2,1-3H3,(H2,20,21,23)/t12-/m0/s1. The molecule has 2 N–H and O–H groups in total. The van der Waals surface area contributed by atoms with E-state index in [1.165, 1.54) is 20.3 Å². The number of aryl methyl sites for hydroxylation is 1. The van der Waals surface area contributed by atoms with Gasteiger partial charge in [0.05, 0.1) is 26.2 Å². The molecule has 144 valence electrons. The molecule has 1 aromatic heterocycles. The van der Waals surface area contributed by atoms with Crippen LogP contribution >= 0.6 is 0 Å². The lowest BCUT2D eigenvalue weighted by Crippen LogP contribution is -2.21. The number of carbonyl (C=O) groups excluding carboxylic acids is 1. The molecule has 0 unspecified atom stereocenters. The minimum Gasteiger partial charge on any atom is -0.507 e. The first-order valence-electron chi connectivity index (χ1n) is 8.41. The van der Waals surface area contributed by atoms with E-state index in [0.717, 1.165) is 0 Å². The molecule has 0 radical (unpaired) electrons. The van der Waals surface area contributed by atoms with Crippen molar-refractivity contribution >= 4 is 5.97 Å². The van der Waals surface area contributed by atoms with Gasteiger partial charge in [0.25, 0.3) is 5.56 Å². The fourth-order valence-corrected chi connectivity index (χ4v) is 3.15. The summed E-state index contributed by atoms with van der Waals surface area (Å²) >= 11 is 0. The lowest BCUT2D eigenvalue weighted by Gasteiger charge is -2.24. The maximum absolute atomic E-state index is 12.5. The minimum atomic E-state index is -0.758. The molecule has 27 heavy (non-hydrogen) atoms. The van der Waals surface area contributed by atoms with Gasteiger partial charge < -0.3 is 29.0 Å². The Bertz CT molecular complexity index is 902. The largest absolute Gasteiger partial charge is 0.507 e. The van der Waals surface area contributed by atoms with Gasteiger partial charge in [-0.25, -0.2) is 0 Å². The lowest BCUT2D eigenvalue weighted by atomic mass is 9.88. The van der Waals surface area contributed by atoms with Crippen molar-refractivity contribution in [2.75, 3.05) is 27.4 Å². The molecule has 8 nitrogen and oxygen atoms in total. The van der Waals surface area contributed by atoms with Gasteiger partial charge in [0.1, 0.15) is 19.0 Å². The number of pyridine rings is 1. The van der Waals surface area contributed by atoms with Crippen LogP contribution in [0.2, 0.25) is 0 Å². The van der Waals surface area contributed by atoms with Crippen molar-refractivity contribution in [2.45, 2.75) is 19.3 Å². The number of benzene rings is 1. The Labute approximate surface area is 155 Å². The van der Waals surface area contributed by atoms with Crippen LogP contribution in [-0.4, -0.2) is 43.5 Å². The zero-order chi connectivity index (χ0) is 19.6. The zero-order valence-electron chi connectivity index (χ0n) is 15.3. The molecule has 1 aliphatic rings. The Morgan fingerprint density at radius 2 is 2.00 bits per heavy atom. The minimum absolute atomic E-state index is 0.0738. The molecule has 3 rings (SSSR count). The van der Waals surface area contributed by atoms with Crippen LogP contribution in [0.1, 0.15) is 29.2 Å². The summed E-state index contributed by atoms with van der Waals surface area (Å²) in [4.78, 5) is 27.2. The number of rotatable bonds is 5. The third-order valence-corrected chi connectivity index (χ3v) is 4.38. The Hall–Kier alpha value is -3.16. The Balaban J connectivity index is 2.18. The first kappa shape index (κ1) is 18.6. The maximum atomic E-state index is 12.5. The second-order valence-electron chi connectivity index (χ2n) is 6.16. The number of esters is 1. The summed E-state index contributed by atoms with van der Waals surface area (Å²) in [6, 6.07) is 4.79. The van der Waals surface area contributed by atoms with Gasteiger partial charge in [0.15, 0.2) is 11.5 Å². The third-order valence-electron chi connectivity index (χ3n) is 4.38. The molecule has 0 bridgehead atoms. The van der Waals surface area contributed by atoms with E-state index >= 15 is 0 Å². The SMILES string of the molecule is COC(=O)C[C@@H](c1cc(OC)c2c(c1)OCCO2)c1c(O)cc(C)[nH]c1=O. The van der Waals surface area contributed by atoms with Crippen molar-refractivity contribution in [3.8, 4) is 23.0 Å². The summed E-state index contributed by atoms with van der Waals surface area (Å²) in [5, 5.41) is 10.4. The van der Waals surface area contributed by atoms with Gasteiger partial charge in [-0.3, -0.25) is 9.59 Å². The second-order valence-corrected chi connectivity index (χ2v) is 6.16. The predicted molar refractivity (Wildman–Crippen MR) is 95.9 cm³/mol. The number of fused-ring (bicyclic) bond motifs is 1. The fraction of sp³-hybridized carbons (Fsp3) is 0.368. The van der Waals surface area contributed by atoms with E-state index in [0.29, 0.717) is 41.7 Å². The van der Waals surface area contributed by atoms with E-state index in [4.69, 9.17) is 18.9 Å². The third kappa shape index (κ3) is 3.69. The molecule has 0 saturated heterocycles. The average Bonchev–Trinajstić information content (AvgIpc) is 2.65. The summed E-state index contributed by atoms with van der Waals surface area (Å²) in [6.07, 6.45) is -0.140. The highest BCUT2D eigenvalue weighted by Gasteiger charge is 2.28. The van der Waals surface area contributed by atoms with Crippen molar-refractivity contribution in [1.29, 1.82) is 0 Å². The molecule has 8 heteroatoms. The van der Waals surface area contributed by atoms with Crippen LogP contribution < -0.4 is 19.8 Å². The van der Waals surface area contributed by atoms with Gasteiger partial charge in [0.2, 0.25) is 5.75 Å². The summed E-state index contributed by atoms with van der Waals surface area (Å²) < 4.78 is 21.4. The van der Waals surface area contributed by atoms with Crippen LogP contribution in [0, 0.1) is 6.92 Å². The van der Waals surface area contributed by atoms with E-state index < -0.39 is 17.4 Å². The van der Waals surface area contributed by atoms with Crippen molar-refractivity contribution in [3.63, 3.8) is 0 Å². The van der Waals surface area contributed by atoms with Gasteiger partial charge >= 0.3 is 5.97 Å². The van der Waals surface area contributed by atoms with Crippen molar-refractivity contribution in [2.24, 2.45) is 0 Å². The van der Waals surface area contributed by atoms with Gasteiger partial charge in [-0.1, -0.05) is 0 Å². The fourth-order valence-electron chi connectivity index (χ4n) is 3.15. The van der Waals surface area contributed by atoms with E-state index in [1.807, 2.05) is 0 Å². The molecular weight excluding hydrogens is 354 g/mol. The normalized spacial score (nSPS) is 13.7. The number of aromatic amines is 1. The molecule has 1 atom stereocenters. The molecule has 2 aromatic rings. The zero-order valence-corrected chi connectivity index (χ0v) is 15.3. The molecule has 0 aliphatic carbocycles. The number of aromatic nitrogens is 1. The predicted octanol–water partition coefficient (Wildman–Crippen LogP) is 1.86. The van der Waals surface area contributed by atoms with E-state index in [-0.39, 0.29) is 17.7 Å². The molecule has 2 heterocycles. The highest BCUT2D eigenvalue weighted by Crippen LogP contribution is 2.44. The van der Waals surface area contributed by atoms with Crippen LogP contribution in [0.3, 0.4) is 0 Å². The lowest BCUT2D eigenvalue weighted by molar-refractivity contribution is -0.140. The topological polar surface area (TPSA) is 107 Å². The second kappa shape index (κ2) is 7.61. The number of H-pyrrole nitrogens is 1. The summed E-state index contributed by atoms with van der Waals surface area (Å²) in [7, 11) is 2.76. The van der Waals surface area contributed by atoms with E-state index in [2.05, 4.69) is 4.98 Å². The van der Waals surface area contributed by atoms with Crippen molar-refractivity contribution in [3.05, 3.63) is 45.4 Å². The average molecular weight is 375 g/mol. The Kier molecular flexibility index (Phi) is 5.25.